The molecular weight excluding hydrogens is 797 g/mol. The minimum Gasteiger partial charge on any atom is -0.276 e. The van der Waals surface area contributed by atoms with Crippen molar-refractivity contribution in [3.8, 4) is 22.8 Å². The number of fused-ring (bicyclic) bond motifs is 12. The fraction of sp³-hybridized carbons (Fsp3) is 0. The minimum atomic E-state index is 0.574. The summed E-state index contributed by atoms with van der Waals surface area (Å²) in [4.78, 5) is 18.6. The Morgan fingerprint density at radius 2 is 0.678 bits per heavy atom. The molecule has 0 amide bonds. The van der Waals surface area contributed by atoms with Crippen LogP contribution in [0.2, 0.25) is 0 Å². The van der Waals surface area contributed by atoms with Gasteiger partial charge in [0.2, 0.25) is 5.95 Å². The van der Waals surface area contributed by atoms with Gasteiger partial charge in [-0.25, -0.2) is 4.98 Å². The standard InChI is InChI=1S/C51H28N4S4/c1-7-21-43-31(11-1)35-15-9-17-39(47(35)58-43)55(40-18-10-16-36-32-12-2-8-22-44(32)59-48(36)40)51-53-49(29-23-25-45-37(27-29)33-13-3-5-19-41(33)56-45)52-50(54-51)30-24-26-46-38(28-30)34-14-4-6-20-42(34)57-46/h1-28H. The first-order valence-electron chi connectivity index (χ1n) is 19.4. The molecule has 0 fully saturated rings. The van der Waals surface area contributed by atoms with E-state index in [-0.39, 0.29) is 0 Å². The number of benzene rings is 8. The number of hydrogen-bond acceptors (Lipinski definition) is 8. The van der Waals surface area contributed by atoms with Crippen LogP contribution in [-0.2, 0) is 0 Å². The molecule has 0 aliphatic heterocycles. The highest BCUT2D eigenvalue weighted by Crippen LogP contribution is 2.49. The molecule has 276 valence electrons. The molecule has 0 bridgehead atoms. The summed E-state index contributed by atoms with van der Waals surface area (Å²) < 4.78 is 9.90. The van der Waals surface area contributed by atoms with Gasteiger partial charge in [-0.1, -0.05) is 97.1 Å². The molecule has 13 rings (SSSR count). The zero-order valence-electron chi connectivity index (χ0n) is 31.1. The number of hydrogen-bond donors (Lipinski definition) is 0. The molecule has 0 aliphatic carbocycles. The van der Waals surface area contributed by atoms with Gasteiger partial charge in [0.1, 0.15) is 0 Å². The van der Waals surface area contributed by atoms with Crippen molar-refractivity contribution in [3.63, 3.8) is 0 Å². The lowest BCUT2D eigenvalue weighted by molar-refractivity contribution is 1.03. The van der Waals surface area contributed by atoms with Crippen molar-refractivity contribution in [2.24, 2.45) is 0 Å². The normalized spacial score (nSPS) is 12.1. The predicted molar refractivity (Wildman–Crippen MR) is 257 cm³/mol. The number of aromatic nitrogens is 3. The number of rotatable bonds is 5. The van der Waals surface area contributed by atoms with E-state index in [2.05, 4.69) is 175 Å². The van der Waals surface area contributed by atoms with E-state index in [9.17, 15) is 0 Å². The predicted octanol–water partition coefficient (Wildman–Crippen LogP) is 16.1. The Morgan fingerprint density at radius 3 is 1.14 bits per heavy atom. The van der Waals surface area contributed by atoms with Gasteiger partial charge in [0.05, 0.1) is 20.8 Å². The first-order valence-corrected chi connectivity index (χ1v) is 22.7. The highest BCUT2D eigenvalue weighted by Gasteiger charge is 2.25. The number of nitrogens with zero attached hydrogens (tertiary/aromatic N) is 4. The quantitative estimate of drug-likeness (QED) is 0.173. The minimum absolute atomic E-state index is 0.574. The molecule has 8 heteroatoms. The van der Waals surface area contributed by atoms with Crippen molar-refractivity contribution in [1.82, 2.24) is 15.0 Å². The number of thiophene rings is 4. The molecule has 0 atom stereocenters. The van der Waals surface area contributed by atoms with Crippen LogP contribution in [0.15, 0.2) is 170 Å². The highest BCUT2D eigenvalue weighted by atomic mass is 32.1. The zero-order valence-corrected chi connectivity index (χ0v) is 34.4. The third-order valence-electron chi connectivity index (χ3n) is 11.3. The Balaban J connectivity index is 1.12. The zero-order chi connectivity index (χ0) is 38.6. The maximum absolute atomic E-state index is 5.50. The summed E-state index contributed by atoms with van der Waals surface area (Å²) in [5.74, 6) is 1.84. The average molecular weight is 825 g/mol. The largest absolute Gasteiger partial charge is 0.276 e. The van der Waals surface area contributed by atoms with Crippen LogP contribution >= 0.6 is 45.3 Å². The molecular formula is C51H28N4S4. The first kappa shape index (κ1) is 33.4. The van der Waals surface area contributed by atoms with Crippen molar-refractivity contribution in [1.29, 1.82) is 0 Å². The Labute approximate surface area is 353 Å². The molecule has 0 spiro atoms. The second-order valence-electron chi connectivity index (χ2n) is 14.7. The molecule has 0 radical (unpaired) electrons. The maximum Gasteiger partial charge on any atom is 0.238 e. The fourth-order valence-electron chi connectivity index (χ4n) is 8.62. The van der Waals surface area contributed by atoms with Gasteiger partial charge in [-0.15, -0.1) is 45.3 Å². The third kappa shape index (κ3) is 5.21. The van der Waals surface area contributed by atoms with Crippen molar-refractivity contribution in [2.75, 3.05) is 4.90 Å². The molecule has 0 unspecified atom stereocenters. The lowest BCUT2D eigenvalue weighted by Crippen LogP contribution is -2.15. The van der Waals surface area contributed by atoms with Gasteiger partial charge in [-0.05, 0) is 72.8 Å². The Kier molecular flexibility index (Phi) is 7.35. The van der Waals surface area contributed by atoms with E-state index in [0.717, 1.165) is 22.5 Å². The SMILES string of the molecule is c1ccc2c(c1)sc1ccc(-c3nc(-c4ccc5sc6ccccc6c5c4)nc(N(c4cccc5c4sc4ccccc45)c4cccc5c4sc4ccccc45)n3)cc12. The maximum atomic E-state index is 5.50. The van der Waals surface area contributed by atoms with Gasteiger partial charge in [-0.2, -0.15) is 9.97 Å². The topological polar surface area (TPSA) is 41.9 Å². The lowest BCUT2D eigenvalue weighted by atomic mass is 10.1. The summed E-state index contributed by atoms with van der Waals surface area (Å²) >= 11 is 7.27. The van der Waals surface area contributed by atoms with Crippen molar-refractivity contribution < 1.29 is 0 Å². The molecule has 0 saturated heterocycles. The molecule has 0 N–H and O–H groups in total. The second-order valence-corrected chi connectivity index (χ2v) is 19.0. The van der Waals surface area contributed by atoms with Crippen LogP contribution in [0.3, 0.4) is 0 Å². The molecule has 5 heterocycles. The monoisotopic (exact) mass is 824 g/mol. The Morgan fingerprint density at radius 1 is 0.305 bits per heavy atom. The molecule has 0 aliphatic rings. The summed E-state index contributed by atoms with van der Waals surface area (Å²) in [6.45, 7) is 0. The van der Waals surface area contributed by atoms with E-state index in [1.807, 2.05) is 45.3 Å². The van der Waals surface area contributed by atoms with Crippen LogP contribution in [0.5, 0.6) is 0 Å². The van der Waals surface area contributed by atoms with Gasteiger partial charge in [0.25, 0.3) is 0 Å². The van der Waals surface area contributed by atoms with Crippen LogP contribution in [0.25, 0.3) is 103 Å². The molecule has 13 aromatic rings. The van der Waals surface area contributed by atoms with E-state index in [0.29, 0.717) is 17.6 Å². The van der Waals surface area contributed by atoms with Crippen molar-refractivity contribution in [3.05, 3.63) is 170 Å². The Bertz CT molecular complexity index is 3590. The third-order valence-corrected chi connectivity index (χ3v) is 16.1. The summed E-state index contributed by atoms with van der Waals surface area (Å²) in [6, 6.07) is 61.2. The molecule has 4 nitrogen and oxygen atoms in total. The fourth-order valence-corrected chi connectivity index (χ4v) is 13.2. The van der Waals surface area contributed by atoms with E-state index >= 15 is 0 Å². The van der Waals surface area contributed by atoms with Crippen LogP contribution in [-0.4, -0.2) is 15.0 Å². The molecule has 8 aromatic carbocycles. The highest BCUT2D eigenvalue weighted by molar-refractivity contribution is 7.27. The van der Waals surface area contributed by atoms with Crippen molar-refractivity contribution in [2.45, 2.75) is 0 Å². The molecule has 0 saturated carbocycles. The van der Waals surface area contributed by atoms with Crippen molar-refractivity contribution >= 4 is 143 Å². The summed E-state index contributed by atoms with van der Waals surface area (Å²) in [5, 5.41) is 9.84. The van der Waals surface area contributed by atoms with Gasteiger partial charge < -0.3 is 0 Å². The van der Waals surface area contributed by atoms with E-state index in [4.69, 9.17) is 15.0 Å². The van der Waals surface area contributed by atoms with E-state index in [1.165, 1.54) is 80.7 Å². The molecule has 59 heavy (non-hydrogen) atoms. The summed E-state index contributed by atoms with van der Waals surface area (Å²) in [6.07, 6.45) is 0. The van der Waals surface area contributed by atoms with Gasteiger partial charge in [-0.3, -0.25) is 4.90 Å². The van der Waals surface area contributed by atoms with Gasteiger partial charge in [0.15, 0.2) is 11.6 Å². The Hall–Kier alpha value is -6.55. The van der Waals surface area contributed by atoms with Crippen LogP contribution in [0, 0.1) is 0 Å². The van der Waals surface area contributed by atoms with Crippen LogP contribution in [0.1, 0.15) is 0 Å². The summed E-state index contributed by atoms with van der Waals surface area (Å²) in [7, 11) is 0. The lowest BCUT2D eigenvalue weighted by Gasteiger charge is -2.25. The summed E-state index contributed by atoms with van der Waals surface area (Å²) in [5.41, 5.74) is 3.98. The van der Waals surface area contributed by atoms with Crippen LogP contribution in [0.4, 0.5) is 17.3 Å². The number of anilines is 3. The second kappa shape index (κ2) is 13.0. The van der Waals surface area contributed by atoms with E-state index < -0.39 is 0 Å². The average Bonchev–Trinajstić information content (AvgIpc) is 4.06. The molecule has 5 aromatic heterocycles. The van der Waals surface area contributed by atoms with E-state index in [1.54, 1.807) is 0 Å². The smallest absolute Gasteiger partial charge is 0.238 e. The van der Waals surface area contributed by atoms with Crippen LogP contribution < -0.4 is 4.90 Å². The van der Waals surface area contributed by atoms with Gasteiger partial charge in [0, 0.05) is 82.4 Å². The first-order chi connectivity index (χ1) is 29.2. The van der Waals surface area contributed by atoms with Gasteiger partial charge >= 0.3 is 0 Å².